The molecule has 0 saturated heterocycles. The molecule has 232 valence electrons. The third-order valence-corrected chi connectivity index (χ3v) is 10.4. The van der Waals surface area contributed by atoms with Gasteiger partial charge in [-0.3, -0.25) is 14.2 Å². The van der Waals surface area contributed by atoms with Crippen molar-refractivity contribution in [2.75, 3.05) is 22.1 Å². The predicted octanol–water partition coefficient (Wildman–Crippen LogP) is 8.93. The lowest BCUT2D eigenvalue weighted by Crippen LogP contribution is -2.14. The first-order valence-electron chi connectivity index (χ1n) is 14.0. The van der Waals surface area contributed by atoms with Crippen LogP contribution in [-0.4, -0.2) is 43.1 Å². The first-order chi connectivity index (χ1) is 22.2. The van der Waals surface area contributed by atoms with Crippen LogP contribution in [0.5, 0.6) is 0 Å². The van der Waals surface area contributed by atoms with E-state index in [9.17, 15) is 9.59 Å². The number of anilines is 2. The SMILES string of the molecule is Cc1ccc(NC(=O)CSc2nc3ccc(NC(=O)CSc4nnc(-c5ccc(Cl)cc5Cl)n4-c4ccccc4)cc3s2)c(C)c1. The quantitative estimate of drug-likeness (QED) is 0.137. The van der Waals surface area contributed by atoms with Crippen molar-refractivity contribution < 1.29 is 9.59 Å². The molecule has 6 aromatic rings. The summed E-state index contributed by atoms with van der Waals surface area (Å²) in [6, 6.07) is 26.4. The number of amides is 2. The van der Waals surface area contributed by atoms with E-state index in [0.29, 0.717) is 32.3 Å². The molecule has 2 aromatic heterocycles. The molecule has 0 bridgehead atoms. The summed E-state index contributed by atoms with van der Waals surface area (Å²) in [5.74, 6) is 0.612. The maximum absolute atomic E-state index is 13.0. The van der Waals surface area contributed by atoms with Gasteiger partial charge in [-0.2, -0.15) is 0 Å². The number of para-hydroxylation sites is 1. The maximum Gasteiger partial charge on any atom is 0.234 e. The third-order valence-electron chi connectivity index (χ3n) is 6.79. The second-order valence-corrected chi connectivity index (χ2v) is 14.3. The molecule has 46 heavy (non-hydrogen) atoms. The highest BCUT2D eigenvalue weighted by Crippen LogP contribution is 2.34. The van der Waals surface area contributed by atoms with Crippen LogP contribution < -0.4 is 10.6 Å². The van der Waals surface area contributed by atoms with Crippen molar-refractivity contribution in [1.82, 2.24) is 19.7 Å². The lowest BCUT2D eigenvalue weighted by molar-refractivity contribution is -0.114. The maximum atomic E-state index is 13.0. The van der Waals surface area contributed by atoms with Crippen LogP contribution in [0.15, 0.2) is 94.4 Å². The second-order valence-electron chi connectivity index (χ2n) is 10.3. The zero-order valence-electron chi connectivity index (χ0n) is 24.6. The number of hydrogen-bond donors (Lipinski definition) is 2. The summed E-state index contributed by atoms with van der Waals surface area (Å²) >= 11 is 16.8. The van der Waals surface area contributed by atoms with Gasteiger partial charge in [-0.25, -0.2) is 4.98 Å². The predicted molar refractivity (Wildman–Crippen MR) is 191 cm³/mol. The molecule has 0 aliphatic carbocycles. The van der Waals surface area contributed by atoms with Crippen molar-refractivity contribution in [1.29, 1.82) is 0 Å². The van der Waals surface area contributed by atoms with Gasteiger partial charge in [0.05, 0.1) is 26.7 Å². The molecule has 0 spiro atoms. The van der Waals surface area contributed by atoms with Crippen molar-refractivity contribution in [3.05, 3.63) is 106 Å². The van der Waals surface area contributed by atoms with E-state index in [2.05, 4.69) is 25.8 Å². The lowest BCUT2D eigenvalue weighted by Gasteiger charge is -2.11. The molecule has 6 rings (SSSR count). The number of rotatable bonds is 10. The molecule has 2 heterocycles. The zero-order valence-corrected chi connectivity index (χ0v) is 28.5. The van der Waals surface area contributed by atoms with E-state index < -0.39 is 0 Å². The molecule has 2 N–H and O–H groups in total. The number of halogens is 2. The number of nitrogens with one attached hydrogen (secondary N) is 2. The minimum atomic E-state index is -0.194. The molecule has 0 fully saturated rings. The van der Waals surface area contributed by atoms with Gasteiger partial charge in [0.15, 0.2) is 15.3 Å². The highest BCUT2D eigenvalue weighted by atomic mass is 35.5. The van der Waals surface area contributed by atoms with Crippen molar-refractivity contribution >= 4 is 91.5 Å². The molecular formula is C33H26Cl2N6O2S3. The first-order valence-corrected chi connectivity index (χ1v) is 17.6. The molecule has 0 aliphatic rings. The van der Waals surface area contributed by atoms with Gasteiger partial charge in [0, 0.05) is 27.6 Å². The van der Waals surface area contributed by atoms with E-state index in [1.807, 2.05) is 85.1 Å². The largest absolute Gasteiger partial charge is 0.325 e. The van der Waals surface area contributed by atoms with Crippen LogP contribution >= 0.6 is 58.1 Å². The Hall–Kier alpha value is -3.87. The van der Waals surface area contributed by atoms with Gasteiger partial charge in [-0.15, -0.1) is 21.5 Å². The topological polar surface area (TPSA) is 102 Å². The molecule has 0 saturated carbocycles. The Balaban J connectivity index is 1.10. The van der Waals surface area contributed by atoms with Crippen molar-refractivity contribution in [2.24, 2.45) is 0 Å². The number of aromatic nitrogens is 4. The number of carbonyl (C=O) groups excluding carboxylic acids is 2. The second kappa shape index (κ2) is 14.3. The summed E-state index contributed by atoms with van der Waals surface area (Å²) in [5, 5.41) is 16.2. The van der Waals surface area contributed by atoms with Crippen LogP contribution in [-0.2, 0) is 9.59 Å². The number of fused-ring (bicyclic) bond motifs is 1. The van der Waals surface area contributed by atoms with E-state index in [1.165, 1.54) is 34.9 Å². The van der Waals surface area contributed by atoms with Gasteiger partial charge in [0.1, 0.15) is 0 Å². The Morgan fingerprint density at radius 1 is 0.848 bits per heavy atom. The third kappa shape index (κ3) is 7.56. The Labute approximate surface area is 287 Å². The summed E-state index contributed by atoms with van der Waals surface area (Å²) in [6.07, 6.45) is 0. The van der Waals surface area contributed by atoms with Crippen molar-refractivity contribution in [3.63, 3.8) is 0 Å². The number of carbonyl (C=O) groups is 2. The lowest BCUT2D eigenvalue weighted by atomic mass is 10.1. The molecule has 0 unspecified atom stereocenters. The summed E-state index contributed by atoms with van der Waals surface area (Å²) < 4.78 is 3.57. The van der Waals surface area contributed by atoms with Gasteiger partial charge in [-0.05, 0) is 74.0 Å². The van der Waals surface area contributed by atoms with Crippen LogP contribution in [0.2, 0.25) is 10.0 Å². The molecular weight excluding hydrogens is 680 g/mol. The fraction of sp³-hybridized carbons (Fsp3) is 0.121. The molecule has 4 aromatic carbocycles. The average molecular weight is 706 g/mol. The highest BCUT2D eigenvalue weighted by molar-refractivity contribution is 8.01. The Morgan fingerprint density at radius 3 is 2.41 bits per heavy atom. The first kappa shape index (κ1) is 32.1. The van der Waals surface area contributed by atoms with Crippen LogP contribution in [0.4, 0.5) is 11.4 Å². The van der Waals surface area contributed by atoms with E-state index in [0.717, 1.165) is 37.1 Å². The van der Waals surface area contributed by atoms with Crippen LogP contribution in [0.1, 0.15) is 11.1 Å². The fourth-order valence-electron chi connectivity index (χ4n) is 4.66. The van der Waals surface area contributed by atoms with Crippen molar-refractivity contribution in [3.8, 4) is 17.1 Å². The number of aryl methyl sites for hydroxylation is 2. The molecule has 8 nitrogen and oxygen atoms in total. The van der Waals surface area contributed by atoms with Gasteiger partial charge < -0.3 is 10.6 Å². The number of thiazole rings is 1. The molecule has 0 atom stereocenters. The zero-order chi connectivity index (χ0) is 32.2. The fourth-order valence-corrected chi connectivity index (χ4v) is 7.81. The monoisotopic (exact) mass is 704 g/mol. The van der Waals surface area contributed by atoms with E-state index >= 15 is 0 Å². The van der Waals surface area contributed by atoms with Gasteiger partial charge in [0.25, 0.3) is 0 Å². The number of hydrogen-bond acceptors (Lipinski definition) is 8. The van der Waals surface area contributed by atoms with Gasteiger partial charge >= 0.3 is 0 Å². The van der Waals surface area contributed by atoms with Gasteiger partial charge in [-0.1, -0.05) is 82.6 Å². The van der Waals surface area contributed by atoms with Crippen LogP contribution in [0.25, 0.3) is 27.3 Å². The Bertz CT molecular complexity index is 2070. The summed E-state index contributed by atoms with van der Waals surface area (Å²) in [5.41, 5.74) is 5.96. The van der Waals surface area contributed by atoms with Crippen molar-refractivity contribution in [2.45, 2.75) is 23.3 Å². The smallest absolute Gasteiger partial charge is 0.234 e. The minimum absolute atomic E-state index is 0.0897. The van der Waals surface area contributed by atoms with E-state index in [1.54, 1.807) is 18.2 Å². The summed E-state index contributed by atoms with van der Waals surface area (Å²) in [7, 11) is 0. The van der Waals surface area contributed by atoms with Crippen LogP contribution in [0.3, 0.4) is 0 Å². The number of thioether (sulfide) groups is 2. The van der Waals surface area contributed by atoms with Crippen LogP contribution in [0, 0.1) is 13.8 Å². The molecule has 0 radical (unpaired) electrons. The van der Waals surface area contributed by atoms with E-state index in [-0.39, 0.29) is 23.3 Å². The number of nitrogens with zero attached hydrogens (tertiary/aromatic N) is 4. The molecule has 0 aliphatic heterocycles. The highest BCUT2D eigenvalue weighted by Gasteiger charge is 2.19. The average Bonchev–Trinajstić information content (AvgIpc) is 3.64. The Kier molecular flexibility index (Phi) is 9.95. The van der Waals surface area contributed by atoms with E-state index in [4.69, 9.17) is 23.2 Å². The minimum Gasteiger partial charge on any atom is -0.325 e. The summed E-state index contributed by atoms with van der Waals surface area (Å²) in [4.78, 5) is 30.2. The normalized spacial score (nSPS) is 11.1. The molecule has 13 heteroatoms. The molecule has 2 amide bonds. The standard InChI is InChI=1S/C33H26Cl2N6O2S3/c1-19-8-12-26(20(2)14-19)37-30(43)18-45-33-38-27-13-10-22(16-28(27)46-33)36-29(42)17-44-32-40-39-31(24-11-9-21(34)15-25(24)35)41(32)23-6-4-3-5-7-23/h3-16H,17-18H2,1-2H3,(H,36,42)(H,37,43). The Morgan fingerprint density at radius 2 is 1.63 bits per heavy atom. The number of benzene rings is 4. The van der Waals surface area contributed by atoms with Gasteiger partial charge in [0.2, 0.25) is 11.8 Å². The summed E-state index contributed by atoms with van der Waals surface area (Å²) in [6.45, 7) is 4.00.